The molecular weight excluding hydrogens is 238 g/mol. The molecule has 0 saturated heterocycles. The third kappa shape index (κ3) is 6.98. The summed E-state index contributed by atoms with van der Waals surface area (Å²) in [6.45, 7) is 6.06. The summed E-state index contributed by atoms with van der Waals surface area (Å²) in [4.78, 5) is 0. The smallest absolute Gasteiger partial charge is 0.279 e. The molecule has 0 bridgehead atoms. The van der Waals surface area contributed by atoms with Gasteiger partial charge < -0.3 is 5.32 Å². The molecule has 104 valence electrons. The average Bonchev–Trinajstić information content (AvgIpc) is 2.30. The van der Waals surface area contributed by atoms with Crippen LogP contribution in [0, 0.1) is 5.92 Å². The van der Waals surface area contributed by atoms with Crippen molar-refractivity contribution >= 4 is 10.2 Å². The summed E-state index contributed by atoms with van der Waals surface area (Å²) in [5.41, 5.74) is 0. The topological polar surface area (TPSA) is 61.4 Å². The molecule has 6 heteroatoms. The van der Waals surface area contributed by atoms with Crippen molar-refractivity contribution in [2.45, 2.75) is 33.1 Å². The molecule has 0 aromatic carbocycles. The Kier molecular flexibility index (Phi) is 8.77. The largest absolute Gasteiger partial charge is 0.320 e. The lowest BCUT2D eigenvalue weighted by Crippen LogP contribution is -2.41. The molecule has 0 amide bonds. The van der Waals surface area contributed by atoms with Crippen LogP contribution in [0.15, 0.2) is 0 Å². The Morgan fingerprint density at radius 1 is 1.24 bits per heavy atom. The normalized spacial score (nSPS) is 12.6. The maximum atomic E-state index is 11.9. The van der Waals surface area contributed by atoms with Gasteiger partial charge in [0.2, 0.25) is 0 Å². The van der Waals surface area contributed by atoms with E-state index in [-0.39, 0.29) is 0 Å². The van der Waals surface area contributed by atoms with Gasteiger partial charge in [-0.15, -0.1) is 0 Å². The fraction of sp³-hybridized carbons (Fsp3) is 1.00. The minimum absolute atomic E-state index is 0.426. The van der Waals surface area contributed by atoms with E-state index in [2.05, 4.69) is 23.9 Å². The predicted molar refractivity (Wildman–Crippen MR) is 72.2 cm³/mol. The second-order valence-electron chi connectivity index (χ2n) is 4.31. The first-order valence-corrected chi connectivity index (χ1v) is 7.77. The third-order valence-corrected chi connectivity index (χ3v) is 4.55. The van der Waals surface area contributed by atoms with Gasteiger partial charge >= 0.3 is 0 Å². The maximum Gasteiger partial charge on any atom is 0.279 e. The summed E-state index contributed by atoms with van der Waals surface area (Å²) < 4.78 is 27.8. The molecule has 0 spiro atoms. The molecule has 0 saturated carbocycles. The predicted octanol–water partition coefficient (Wildman–Crippen LogP) is 0.798. The van der Waals surface area contributed by atoms with E-state index in [9.17, 15) is 8.42 Å². The molecule has 0 aliphatic rings. The highest BCUT2D eigenvalue weighted by Gasteiger charge is 2.17. The van der Waals surface area contributed by atoms with E-state index in [0.717, 1.165) is 25.8 Å². The van der Waals surface area contributed by atoms with Crippen LogP contribution in [0.25, 0.3) is 0 Å². The molecule has 17 heavy (non-hydrogen) atoms. The van der Waals surface area contributed by atoms with Crippen molar-refractivity contribution < 1.29 is 8.42 Å². The van der Waals surface area contributed by atoms with Crippen LogP contribution in [0.4, 0.5) is 0 Å². The Morgan fingerprint density at radius 2 is 1.82 bits per heavy atom. The molecule has 0 unspecified atom stereocenters. The zero-order valence-electron chi connectivity index (χ0n) is 11.5. The van der Waals surface area contributed by atoms with Crippen molar-refractivity contribution in [2.75, 3.05) is 33.7 Å². The van der Waals surface area contributed by atoms with E-state index in [0.29, 0.717) is 19.0 Å². The molecule has 0 rings (SSSR count). The first-order chi connectivity index (χ1) is 7.97. The standard InChI is InChI=1S/C11H27N3O2S/c1-5-11(6-2)10-13-17(15,16)14(4)9-7-8-12-3/h11-13H,5-10H2,1-4H3. The fourth-order valence-electron chi connectivity index (χ4n) is 1.51. The minimum atomic E-state index is -3.30. The molecular formula is C11H27N3O2S. The highest BCUT2D eigenvalue weighted by Crippen LogP contribution is 2.06. The molecule has 0 radical (unpaired) electrons. The quantitative estimate of drug-likeness (QED) is 0.574. The monoisotopic (exact) mass is 265 g/mol. The summed E-state index contributed by atoms with van der Waals surface area (Å²) in [6.07, 6.45) is 2.82. The molecule has 0 aliphatic carbocycles. The van der Waals surface area contributed by atoms with Crippen molar-refractivity contribution in [1.82, 2.24) is 14.3 Å². The number of nitrogens with one attached hydrogen (secondary N) is 2. The van der Waals surface area contributed by atoms with E-state index in [4.69, 9.17) is 0 Å². The average molecular weight is 265 g/mol. The Morgan fingerprint density at radius 3 is 2.29 bits per heavy atom. The number of nitrogens with zero attached hydrogens (tertiary/aromatic N) is 1. The van der Waals surface area contributed by atoms with Crippen LogP contribution in [-0.2, 0) is 10.2 Å². The zero-order valence-corrected chi connectivity index (χ0v) is 12.3. The lowest BCUT2D eigenvalue weighted by molar-refractivity contribution is 0.429. The maximum absolute atomic E-state index is 11.9. The van der Waals surface area contributed by atoms with Gasteiger partial charge in [0.25, 0.3) is 10.2 Å². The molecule has 0 aromatic rings. The van der Waals surface area contributed by atoms with Crippen LogP contribution < -0.4 is 10.0 Å². The molecule has 0 heterocycles. The summed E-state index contributed by atoms with van der Waals surface area (Å²) in [5.74, 6) is 0.426. The highest BCUT2D eigenvalue weighted by atomic mass is 32.2. The van der Waals surface area contributed by atoms with Crippen molar-refractivity contribution in [1.29, 1.82) is 0 Å². The molecule has 0 aromatic heterocycles. The van der Waals surface area contributed by atoms with E-state index in [1.807, 2.05) is 7.05 Å². The first-order valence-electron chi connectivity index (χ1n) is 6.33. The highest BCUT2D eigenvalue weighted by molar-refractivity contribution is 7.87. The fourth-order valence-corrected chi connectivity index (χ4v) is 2.55. The SMILES string of the molecule is CCC(CC)CNS(=O)(=O)N(C)CCCNC. The number of hydrogen-bond donors (Lipinski definition) is 2. The molecule has 0 fully saturated rings. The number of hydrogen-bond acceptors (Lipinski definition) is 3. The van der Waals surface area contributed by atoms with Crippen LogP contribution >= 0.6 is 0 Å². The lowest BCUT2D eigenvalue weighted by atomic mass is 10.0. The first kappa shape index (κ1) is 16.8. The van der Waals surface area contributed by atoms with Gasteiger partial charge in [-0.05, 0) is 25.9 Å². The Balaban J connectivity index is 4.08. The molecule has 0 atom stereocenters. The van der Waals surface area contributed by atoms with E-state index in [1.165, 1.54) is 4.31 Å². The number of rotatable bonds is 10. The van der Waals surface area contributed by atoms with Crippen LogP contribution in [0.3, 0.4) is 0 Å². The molecule has 0 aliphatic heterocycles. The summed E-state index contributed by atoms with van der Waals surface area (Å²) in [6, 6.07) is 0. The van der Waals surface area contributed by atoms with Gasteiger partial charge in [0, 0.05) is 20.1 Å². The second kappa shape index (κ2) is 8.85. The van der Waals surface area contributed by atoms with E-state index >= 15 is 0 Å². The zero-order chi connectivity index (χ0) is 13.3. The summed E-state index contributed by atoms with van der Waals surface area (Å²) in [5, 5.41) is 3.00. The summed E-state index contributed by atoms with van der Waals surface area (Å²) in [7, 11) is 0.176. The van der Waals surface area contributed by atoms with Crippen molar-refractivity contribution in [3.05, 3.63) is 0 Å². The van der Waals surface area contributed by atoms with Gasteiger partial charge in [-0.25, -0.2) is 4.72 Å². The van der Waals surface area contributed by atoms with Gasteiger partial charge in [0.1, 0.15) is 0 Å². The van der Waals surface area contributed by atoms with E-state index in [1.54, 1.807) is 7.05 Å². The van der Waals surface area contributed by atoms with Crippen LogP contribution in [0.5, 0.6) is 0 Å². The van der Waals surface area contributed by atoms with Crippen molar-refractivity contribution in [3.63, 3.8) is 0 Å². The van der Waals surface area contributed by atoms with Crippen LogP contribution in [0.1, 0.15) is 33.1 Å². The van der Waals surface area contributed by atoms with Gasteiger partial charge in [-0.2, -0.15) is 12.7 Å². The minimum Gasteiger partial charge on any atom is -0.320 e. The van der Waals surface area contributed by atoms with Crippen molar-refractivity contribution in [2.24, 2.45) is 5.92 Å². The van der Waals surface area contributed by atoms with Gasteiger partial charge in [-0.1, -0.05) is 26.7 Å². The Labute approximate surface area is 106 Å². The van der Waals surface area contributed by atoms with Gasteiger partial charge in [0.05, 0.1) is 0 Å². The van der Waals surface area contributed by atoms with Gasteiger partial charge in [-0.3, -0.25) is 0 Å². The van der Waals surface area contributed by atoms with Crippen LogP contribution in [0.2, 0.25) is 0 Å². The Hall–Kier alpha value is -0.170. The lowest BCUT2D eigenvalue weighted by Gasteiger charge is -2.20. The van der Waals surface area contributed by atoms with E-state index < -0.39 is 10.2 Å². The summed E-state index contributed by atoms with van der Waals surface area (Å²) >= 11 is 0. The van der Waals surface area contributed by atoms with Crippen LogP contribution in [-0.4, -0.2) is 46.5 Å². The van der Waals surface area contributed by atoms with Crippen molar-refractivity contribution in [3.8, 4) is 0 Å². The van der Waals surface area contributed by atoms with Gasteiger partial charge in [0.15, 0.2) is 0 Å². The Bertz CT molecular complexity index is 276. The molecule has 2 N–H and O–H groups in total. The second-order valence-corrected chi connectivity index (χ2v) is 6.18. The third-order valence-electron chi connectivity index (χ3n) is 3.02. The molecule has 5 nitrogen and oxygen atoms in total.